The van der Waals surface area contributed by atoms with Gasteiger partial charge in [0.15, 0.2) is 0 Å². The fraction of sp³-hybridized carbons (Fsp3) is 0.515. The standard InChI is InChI=1S/C28H33N5O3S.2C2H6.CH2O2/c1-2-3-24(34)33-13-8-28(9-14-33)18-22-16-21(19-30-26(22)31-27(28)36)4-5-25(35)32-11-6-20(7-12-32)17-23-29-10-15-37-23;2*1-2;2-1-3/h4-6,10,15-16,19H,2-3,7-9,11-14,17-18H2,1H3,(H,30,31,36);2*1-2H3;1H,(H,2,3)/b5-4+;;;. The Labute approximate surface area is 265 Å². The highest BCUT2D eigenvalue weighted by Gasteiger charge is 2.45. The Kier molecular flexibility index (Phi) is 15.5. The summed E-state index contributed by atoms with van der Waals surface area (Å²) >= 11 is 1.66. The van der Waals surface area contributed by atoms with E-state index in [2.05, 4.69) is 21.4 Å². The summed E-state index contributed by atoms with van der Waals surface area (Å²) in [5.74, 6) is 0.752. The molecule has 0 radical (unpaired) electrons. The number of nitrogens with one attached hydrogen (secondary N) is 1. The molecule has 0 bridgehead atoms. The Bertz CT molecular complexity index is 1280. The summed E-state index contributed by atoms with van der Waals surface area (Å²) in [6.07, 6.45) is 14.1. The number of rotatable bonds is 6. The van der Waals surface area contributed by atoms with Gasteiger partial charge in [-0.15, -0.1) is 11.3 Å². The van der Waals surface area contributed by atoms with Crippen LogP contribution >= 0.6 is 11.3 Å². The van der Waals surface area contributed by atoms with E-state index in [1.807, 2.05) is 62.1 Å². The molecular weight excluding hydrogens is 578 g/mol. The van der Waals surface area contributed by atoms with Gasteiger partial charge in [0.1, 0.15) is 5.82 Å². The first-order chi connectivity index (χ1) is 21.4. The van der Waals surface area contributed by atoms with E-state index in [4.69, 9.17) is 9.90 Å². The highest BCUT2D eigenvalue weighted by atomic mass is 32.1. The predicted octanol–water partition coefficient (Wildman–Crippen LogP) is 5.61. The monoisotopic (exact) mass is 625 g/mol. The topological polar surface area (TPSA) is 133 Å². The molecule has 1 spiro atoms. The lowest BCUT2D eigenvalue weighted by Crippen LogP contribution is -2.51. The number of hydrogen-bond donors (Lipinski definition) is 2. The third kappa shape index (κ3) is 9.83. The number of likely N-dealkylation sites (tertiary alicyclic amines) is 1. The van der Waals surface area contributed by atoms with Crippen molar-refractivity contribution in [2.45, 2.75) is 79.6 Å². The number of piperidine rings is 1. The molecule has 5 heterocycles. The molecule has 0 aromatic carbocycles. The zero-order valence-corrected chi connectivity index (χ0v) is 27.5. The number of fused-ring (bicyclic) bond motifs is 1. The van der Waals surface area contributed by atoms with E-state index in [1.54, 1.807) is 29.7 Å². The third-order valence-corrected chi connectivity index (χ3v) is 8.44. The summed E-state index contributed by atoms with van der Waals surface area (Å²) < 4.78 is 0. The Morgan fingerprint density at radius 3 is 2.41 bits per heavy atom. The first-order valence-electron chi connectivity index (χ1n) is 15.6. The molecule has 0 unspecified atom stereocenters. The largest absolute Gasteiger partial charge is 0.483 e. The van der Waals surface area contributed by atoms with E-state index in [1.165, 1.54) is 5.57 Å². The molecule has 1 fully saturated rings. The van der Waals surface area contributed by atoms with Crippen molar-refractivity contribution in [3.8, 4) is 0 Å². The Balaban J connectivity index is 0.000000893. The first-order valence-corrected chi connectivity index (χ1v) is 16.4. The molecule has 44 heavy (non-hydrogen) atoms. The average Bonchev–Trinajstić information content (AvgIpc) is 3.57. The normalized spacial score (nSPS) is 16.6. The van der Waals surface area contributed by atoms with E-state index in [-0.39, 0.29) is 24.2 Å². The number of pyridine rings is 1. The van der Waals surface area contributed by atoms with Gasteiger partial charge in [-0.1, -0.05) is 46.3 Å². The zero-order chi connectivity index (χ0) is 32.5. The summed E-state index contributed by atoms with van der Waals surface area (Å²) in [4.78, 5) is 59.0. The van der Waals surface area contributed by atoms with Gasteiger partial charge in [0, 0.05) is 62.9 Å². The zero-order valence-electron chi connectivity index (χ0n) is 26.7. The summed E-state index contributed by atoms with van der Waals surface area (Å²) in [6, 6.07) is 2.02. The number of carbonyl (C=O) groups excluding carboxylic acids is 3. The van der Waals surface area contributed by atoms with Gasteiger partial charge in [0.05, 0.1) is 10.4 Å². The van der Waals surface area contributed by atoms with E-state index in [9.17, 15) is 14.4 Å². The molecule has 0 aliphatic carbocycles. The van der Waals surface area contributed by atoms with E-state index < -0.39 is 5.41 Å². The summed E-state index contributed by atoms with van der Waals surface area (Å²) in [7, 11) is 0. The lowest BCUT2D eigenvalue weighted by molar-refractivity contribution is -0.138. The maximum atomic E-state index is 13.0. The van der Waals surface area contributed by atoms with Crippen molar-refractivity contribution >= 4 is 47.4 Å². The number of hydrogen-bond acceptors (Lipinski definition) is 7. The lowest BCUT2D eigenvalue weighted by Gasteiger charge is -2.43. The molecule has 2 aromatic rings. The predicted molar refractivity (Wildman–Crippen MR) is 175 cm³/mol. The third-order valence-electron chi connectivity index (χ3n) is 7.66. The van der Waals surface area contributed by atoms with Crippen molar-refractivity contribution < 1.29 is 24.3 Å². The smallest absolute Gasteiger partial charge is 0.290 e. The molecule has 5 rings (SSSR count). The maximum absolute atomic E-state index is 13.0. The minimum absolute atomic E-state index is 0.000873. The molecule has 11 heteroatoms. The van der Waals surface area contributed by atoms with Gasteiger partial charge in [0.25, 0.3) is 6.47 Å². The molecule has 2 N–H and O–H groups in total. The van der Waals surface area contributed by atoms with Crippen LogP contribution in [-0.4, -0.2) is 75.2 Å². The lowest BCUT2D eigenvalue weighted by atomic mass is 9.71. The van der Waals surface area contributed by atoms with Crippen molar-refractivity contribution in [1.82, 2.24) is 19.8 Å². The second-order valence-corrected chi connectivity index (χ2v) is 11.2. The number of nitrogens with zero attached hydrogens (tertiary/aromatic N) is 4. The molecule has 3 aliphatic heterocycles. The number of anilines is 1. The SMILES string of the molecule is CC.CC.CCCC(=O)N1CCC2(CC1)Cc1cc(/C=C/C(=O)N3CC=C(Cc4nccs4)CC3)cnc1NC2=O.O=CO. The van der Waals surface area contributed by atoms with Gasteiger partial charge in [-0.25, -0.2) is 9.97 Å². The number of carboxylic acid groups (broad SMARTS) is 1. The van der Waals surface area contributed by atoms with Crippen molar-refractivity contribution in [1.29, 1.82) is 0 Å². The molecule has 1 saturated heterocycles. The second kappa shape index (κ2) is 18.7. The van der Waals surface area contributed by atoms with E-state index in [0.29, 0.717) is 57.7 Å². The highest BCUT2D eigenvalue weighted by Crippen LogP contribution is 2.41. The van der Waals surface area contributed by atoms with Crippen molar-refractivity contribution in [3.63, 3.8) is 0 Å². The fourth-order valence-corrected chi connectivity index (χ4v) is 6.06. The van der Waals surface area contributed by atoms with Crippen LogP contribution in [-0.2, 0) is 32.0 Å². The van der Waals surface area contributed by atoms with Gasteiger partial charge in [-0.2, -0.15) is 0 Å². The summed E-state index contributed by atoms with van der Waals surface area (Å²) in [5, 5.41) is 13.0. The average molecular weight is 626 g/mol. The minimum atomic E-state index is -0.508. The first kappa shape index (κ1) is 36.3. The molecule has 240 valence electrons. The Hall–Kier alpha value is -3.86. The molecule has 10 nitrogen and oxygen atoms in total. The van der Waals surface area contributed by atoms with Crippen LogP contribution in [0.1, 0.15) is 82.9 Å². The van der Waals surface area contributed by atoms with Crippen LogP contribution in [0.25, 0.3) is 6.08 Å². The number of amides is 3. The molecular formula is C33H47N5O5S. The van der Waals surface area contributed by atoms with Crippen molar-refractivity contribution in [2.24, 2.45) is 5.41 Å². The van der Waals surface area contributed by atoms with Crippen LogP contribution in [0.3, 0.4) is 0 Å². The fourth-order valence-electron chi connectivity index (χ4n) is 5.39. The highest BCUT2D eigenvalue weighted by molar-refractivity contribution is 7.09. The van der Waals surface area contributed by atoms with E-state index >= 15 is 0 Å². The summed E-state index contributed by atoms with van der Waals surface area (Å²) in [6.45, 7) is 12.3. The maximum Gasteiger partial charge on any atom is 0.290 e. The Morgan fingerprint density at radius 1 is 1.11 bits per heavy atom. The summed E-state index contributed by atoms with van der Waals surface area (Å²) in [5.41, 5.74) is 2.64. The molecule has 0 atom stereocenters. The molecule has 3 aliphatic rings. The molecule has 0 saturated carbocycles. The van der Waals surface area contributed by atoms with Crippen LogP contribution in [0.2, 0.25) is 0 Å². The van der Waals surface area contributed by atoms with Crippen molar-refractivity contribution in [3.05, 3.63) is 57.7 Å². The van der Waals surface area contributed by atoms with Crippen LogP contribution in [0.15, 0.2) is 41.6 Å². The van der Waals surface area contributed by atoms with Gasteiger partial charge >= 0.3 is 0 Å². The van der Waals surface area contributed by atoms with Crippen LogP contribution in [0, 0.1) is 5.41 Å². The minimum Gasteiger partial charge on any atom is -0.483 e. The quantitative estimate of drug-likeness (QED) is 0.242. The Morgan fingerprint density at radius 2 is 1.82 bits per heavy atom. The van der Waals surface area contributed by atoms with Gasteiger partial charge < -0.3 is 20.2 Å². The van der Waals surface area contributed by atoms with Gasteiger partial charge in [-0.3, -0.25) is 19.2 Å². The number of thiazole rings is 1. The van der Waals surface area contributed by atoms with Crippen LogP contribution in [0.5, 0.6) is 0 Å². The van der Waals surface area contributed by atoms with Crippen molar-refractivity contribution in [2.75, 3.05) is 31.5 Å². The van der Waals surface area contributed by atoms with Crippen LogP contribution < -0.4 is 5.32 Å². The molecule has 2 aromatic heterocycles. The second-order valence-electron chi connectivity index (χ2n) is 10.3. The number of aromatic nitrogens is 2. The van der Waals surface area contributed by atoms with Crippen LogP contribution in [0.4, 0.5) is 5.82 Å². The van der Waals surface area contributed by atoms with E-state index in [0.717, 1.165) is 35.4 Å². The van der Waals surface area contributed by atoms with Gasteiger partial charge in [0.2, 0.25) is 17.7 Å². The molecule has 3 amide bonds. The number of carbonyl (C=O) groups is 4. The van der Waals surface area contributed by atoms with Gasteiger partial charge in [-0.05, 0) is 55.4 Å².